The van der Waals surface area contributed by atoms with E-state index in [9.17, 15) is 9.59 Å². The Balaban J connectivity index is 1.36. The standard InChI is InChI=1S/C27H33N3O2S2/c1-19-8-6-7-14-29(19)25(31)18-28-17-21(22-11-4-5-12-23(22)28)16-24-26(32)30(27(33)34-24)15-13-20-9-2-3-10-20/h4-5,11-12,16-17,19-20H,2-3,6-10,13-15,18H2,1H3/b24-16-/t19-/m0/s1. The lowest BCUT2D eigenvalue weighted by molar-refractivity contribution is -0.135. The van der Waals surface area contributed by atoms with E-state index in [0.717, 1.165) is 54.7 Å². The number of nitrogens with zero attached hydrogens (tertiary/aromatic N) is 3. The van der Waals surface area contributed by atoms with Crippen molar-refractivity contribution in [3.63, 3.8) is 0 Å². The Bertz CT molecular complexity index is 1130. The van der Waals surface area contributed by atoms with E-state index < -0.39 is 0 Å². The minimum Gasteiger partial charge on any atom is -0.338 e. The van der Waals surface area contributed by atoms with Gasteiger partial charge in [-0.1, -0.05) is 67.9 Å². The summed E-state index contributed by atoms with van der Waals surface area (Å²) in [5.74, 6) is 0.910. The topological polar surface area (TPSA) is 45.6 Å². The molecule has 180 valence electrons. The molecule has 1 aliphatic carbocycles. The lowest BCUT2D eigenvalue weighted by atomic mass is 10.0. The van der Waals surface area contributed by atoms with E-state index in [4.69, 9.17) is 12.2 Å². The largest absolute Gasteiger partial charge is 0.338 e. The second-order valence-electron chi connectivity index (χ2n) is 9.93. The molecular weight excluding hydrogens is 462 g/mol. The Labute approximate surface area is 211 Å². The predicted molar refractivity (Wildman–Crippen MR) is 143 cm³/mol. The second kappa shape index (κ2) is 10.2. The van der Waals surface area contributed by atoms with Crippen LogP contribution < -0.4 is 0 Å². The lowest BCUT2D eigenvalue weighted by Gasteiger charge is -2.33. The fourth-order valence-corrected chi connectivity index (χ4v) is 6.97. The molecule has 0 spiro atoms. The van der Waals surface area contributed by atoms with Crippen molar-refractivity contribution in [1.82, 2.24) is 14.4 Å². The normalized spacial score (nSPS) is 23.1. The van der Waals surface area contributed by atoms with Crippen LogP contribution in [0, 0.1) is 5.92 Å². The molecule has 1 atom stereocenters. The summed E-state index contributed by atoms with van der Waals surface area (Å²) < 4.78 is 2.69. The zero-order chi connectivity index (χ0) is 23.7. The Morgan fingerprint density at radius 2 is 1.91 bits per heavy atom. The number of rotatable bonds is 6. The molecule has 3 aliphatic rings. The highest BCUT2D eigenvalue weighted by molar-refractivity contribution is 8.26. The number of thioether (sulfide) groups is 1. The van der Waals surface area contributed by atoms with Gasteiger partial charge in [-0.05, 0) is 50.7 Å². The first kappa shape index (κ1) is 23.6. The number of hydrogen-bond donors (Lipinski definition) is 0. The van der Waals surface area contributed by atoms with Crippen molar-refractivity contribution in [2.24, 2.45) is 5.92 Å². The highest BCUT2D eigenvalue weighted by Crippen LogP contribution is 2.36. The zero-order valence-electron chi connectivity index (χ0n) is 19.9. The summed E-state index contributed by atoms with van der Waals surface area (Å²) in [5.41, 5.74) is 1.98. The van der Waals surface area contributed by atoms with E-state index in [1.165, 1.54) is 43.9 Å². The molecule has 2 saturated heterocycles. The van der Waals surface area contributed by atoms with Crippen LogP contribution in [0.4, 0.5) is 0 Å². The van der Waals surface area contributed by atoms with Crippen LogP contribution >= 0.6 is 24.0 Å². The summed E-state index contributed by atoms with van der Waals surface area (Å²) in [6.45, 7) is 4.03. The molecule has 2 amide bonds. The van der Waals surface area contributed by atoms with Gasteiger partial charge in [-0.2, -0.15) is 0 Å². The van der Waals surface area contributed by atoms with Crippen molar-refractivity contribution < 1.29 is 9.59 Å². The van der Waals surface area contributed by atoms with E-state index in [-0.39, 0.29) is 11.8 Å². The van der Waals surface area contributed by atoms with E-state index >= 15 is 0 Å². The van der Waals surface area contributed by atoms with Crippen LogP contribution in [0.5, 0.6) is 0 Å². The van der Waals surface area contributed by atoms with Crippen molar-refractivity contribution in [3.8, 4) is 0 Å². The number of hydrogen-bond acceptors (Lipinski definition) is 4. The third-order valence-electron chi connectivity index (χ3n) is 7.64. The van der Waals surface area contributed by atoms with Crippen LogP contribution in [0.15, 0.2) is 35.4 Å². The van der Waals surface area contributed by atoms with Crippen LogP contribution in [0.2, 0.25) is 0 Å². The number of piperidine rings is 1. The maximum absolute atomic E-state index is 13.2. The van der Waals surface area contributed by atoms with E-state index in [1.807, 2.05) is 39.9 Å². The van der Waals surface area contributed by atoms with Gasteiger partial charge in [0.05, 0.1) is 4.91 Å². The van der Waals surface area contributed by atoms with Crippen LogP contribution in [0.3, 0.4) is 0 Å². The van der Waals surface area contributed by atoms with Crippen molar-refractivity contribution in [2.45, 2.75) is 70.9 Å². The number of carbonyl (C=O) groups excluding carboxylic acids is 2. The van der Waals surface area contributed by atoms with Gasteiger partial charge in [-0.15, -0.1) is 0 Å². The minimum absolute atomic E-state index is 0.0167. The number of likely N-dealkylation sites (tertiary alicyclic amines) is 1. The molecule has 1 saturated carbocycles. The third-order valence-corrected chi connectivity index (χ3v) is 9.02. The monoisotopic (exact) mass is 495 g/mol. The van der Waals surface area contributed by atoms with Gasteiger partial charge in [0.1, 0.15) is 10.9 Å². The van der Waals surface area contributed by atoms with Crippen molar-refractivity contribution in [1.29, 1.82) is 0 Å². The zero-order valence-corrected chi connectivity index (χ0v) is 21.5. The molecule has 0 radical (unpaired) electrons. The molecule has 0 N–H and O–H groups in total. The number of amides is 2. The number of para-hydroxylation sites is 1. The molecular formula is C27H33N3O2S2. The molecule has 34 heavy (non-hydrogen) atoms. The van der Waals surface area contributed by atoms with E-state index in [1.54, 1.807) is 4.90 Å². The molecule has 3 heterocycles. The Morgan fingerprint density at radius 1 is 1.15 bits per heavy atom. The Kier molecular flexibility index (Phi) is 7.11. The summed E-state index contributed by atoms with van der Waals surface area (Å²) in [6, 6.07) is 8.41. The summed E-state index contributed by atoms with van der Waals surface area (Å²) in [4.78, 5) is 30.8. The third kappa shape index (κ3) is 4.82. The molecule has 0 unspecified atom stereocenters. The molecule has 5 nitrogen and oxygen atoms in total. The molecule has 7 heteroatoms. The number of fused-ring (bicyclic) bond motifs is 1. The van der Waals surface area contributed by atoms with E-state index in [0.29, 0.717) is 21.8 Å². The fourth-order valence-electron chi connectivity index (χ4n) is 5.67. The summed E-state index contributed by atoms with van der Waals surface area (Å²) in [7, 11) is 0. The molecule has 2 aliphatic heterocycles. The van der Waals surface area contributed by atoms with Crippen molar-refractivity contribution in [3.05, 3.63) is 40.9 Å². The molecule has 2 aromatic rings. The predicted octanol–water partition coefficient (Wildman–Crippen LogP) is 5.82. The first-order valence-electron chi connectivity index (χ1n) is 12.6. The van der Waals surface area contributed by atoms with Gasteiger partial charge in [-0.3, -0.25) is 14.5 Å². The van der Waals surface area contributed by atoms with Gasteiger partial charge in [-0.25, -0.2) is 0 Å². The van der Waals surface area contributed by atoms with Gasteiger partial charge in [0.25, 0.3) is 5.91 Å². The van der Waals surface area contributed by atoms with Crippen LogP contribution in [-0.2, 0) is 16.1 Å². The quantitative estimate of drug-likeness (QED) is 0.374. The maximum Gasteiger partial charge on any atom is 0.266 e. The maximum atomic E-state index is 13.2. The highest BCUT2D eigenvalue weighted by Gasteiger charge is 2.33. The lowest BCUT2D eigenvalue weighted by Crippen LogP contribution is -2.43. The highest BCUT2D eigenvalue weighted by atomic mass is 32.2. The summed E-state index contributed by atoms with van der Waals surface area (Å²) in [6.07, 6.45) is 13.5. The van der Waals surface area contributed by atoms with Crippen LogP contribution in [0.1, 0.15) is 63.9 Å². The smallest absolute Gasteiger partial charge is 0.266 e. The van der Waals surface area contributed by atoms with E-state index in [2.05, 4.69) is 13.0 Å². The number of aromatic nitrogens is 1. The summed E-state index contributed by atoms with van der Waals surface area (Å²) >= 11 is 6.96. The number of benzene rings is 1. The molecule has 1 aromatic carbocycles. The first-order chi connectivity index (χ1) is 16.5. The Hall–Kier alpha value is -2.12. The van der Waals surface area contributed by atoms with Crippen LogP contribution in [-0.4, -0.2) is 49.6 Å². The second-order valence-corrected chi connectivity index (χ2v) is 11.6. The van der Waals surface area contributed by atoms with Crippen LogP contribution in [0.25, 0.3) is 17.0 Å². The van der Waals surface area contributed by atoms with Gasteiger partial charge < -0.3 is 9.47 Å². The SMILES string of the molecule is C[C@H]1CCCCN1C(=O)Cn1cc(/C=C2\SC(=S)N(CCC3CCCC3)C2=O)c2ccccc21. The van der Waals surface area contributed by atoms with Gasteiger partial charge >= 0.3 is 0 Å². The summed E-state index contributed by atoms with van der Waals surface area (Å²) in [5, 5.41) is 1.05. The fraction of sp³-hybridized carbons (Fsp3) is 0.519. The molecule has 0 bridgehead atoms. The number of thiocarbonyl (C=S) groups is 1. The molecule has 5 rings (SSSR count). The molecule has 3 fully saturated rings. The average molecular weight is 496 g/mol. The van der Waals surface area contributed by atoms with Crippen molar-refractivity contribution in [2.75, 3.05) is 13.1 Å². The number of carbonyl (C=O) groups is 2. The van der Waals surface area contributed by atoms with Gasteiger partial charge in [0.2, 0.25) is 5.91 Å². The average Bonchev–Trinajstić information content (AvgIpc) is 3.53. The van der Waals surface area contributed by atoms with Gasteiger partial charge in [0, 0.05) is 41.8 Å². The van der Waals surface area contributed by atoms with Gasteiger partial charge in [0.15, 0.2) is 0 Å². The minimum atomic E-state index is 0.0167. The first-order valence-corrected chi connectivity index (χ1v) is 13.9. The Morgan fingerprint density at radius 3 is 2.71 bits per heavy atom. The van der Waals surface area contributed by atoms with Crippen molar-refractivity contribution >= 4 is 57.1 Å². The molecule has 1 aromatic heterocycles.